The Bertz CT molecular complexity index is 1360. The summed E-state index contributed by atoms with van der Waals surface area (Å²) in [5, 5.41) is 11.1. The van der Waals surface area contributed by atoms with Crippen LogP contribution in [-0.4, -0.2) is 62.0 Å². The molecule has 4 aromatic rings. The molecule has 1 saturated heterocycles. The van der Waals surface area contributed by atoms with E-state index in [-0.39, 0.29) is 35.8 Å². The van der Waals surface area contributed by atoms with Crippen molar-refractivity contribution in [3.05, 3.63) is 84.4 Å². The van der Waals surface area contributed by atoms with Gasteiger partial charge >= 0.3 is 11.9 Å². The molecule has 0 bridgehead atoms. The predicted molar refractivity (Wildman–Crippen MR) is 122 cm³/mol. The van der Waals surface area contributed by atoms with Crippen molar-refractivity contribution in [2.24, 2.45) is 0 Å². The second-order valence-electron chi connectivity index (χ2n) is 7.86. The third-order valence-electron chi connectivity index (χ3n) is 5.77. The Kier molecular flexibility index (Phi) is 5.85. The van der Waals surface area contributed by atoms with Crippen molar-refractivity contribution in [2.75, 3.05) is 18.9 Å². The first-order valence-electron chi connectivity index (χ1n) is 10.7. The molecule has 2 aromatic heterocycles. The number of nitrogen functional groups attached to an aromatic ring is 1. The molecule has 0 unspecified atom stereocenters. The number of benzene rings is 2. The van der Waals surface area contributed by atoms with Gasteiger partial charge in [0.05, 0.1) is 17.7 Å². The standard InChI is InChI=1S/C24H21N5O6/c25-20-19-21(27-13-26-20)29(14-28-19)24(35-23(32)16-9-5-2-6-10-16)17(30)11-33-18(24)12-34-22(31)15-7-3-1-4-8-15/h1-10,13-14,17-18,30H,11-12H2,(H2,25,26,27)/t17-,18+,24+/m0/s1. The van der Waals surface area contributed by atoms with Gasteiger partial charge < -0.3 is 25.1 Å². The molecule has 0 amide bonds. The number of nitrogens with zero attached hydrogens (tertiary/aromatic N) is 4. The number of fused-ring (bicyclic) bond motifs is 1. The molecule has 2 aromatic carbocycles. The number of aromatic nitrogens is 4. The zero-order valence-corrected chi connectivity index (χ0v) is 18.4. The van der Waals surface area contributed by atoms with Gasteiger partial charge in [0.1, 0.15) is 30.9 Å². The van der Waals surface area contributed by atoms with Gasteiger partial charge in [-0.3, -0.25) is 4.57 Å². The Hall–Kier alpha value is -4.35. The Morgan fingerprint density at radius 2 is 1.69 bits per heavy atom. The van der Waals surface area contributed by atoms with Gasteiger partial charge in [0.25, 0.3) is 0 Å². The monoisotopic (exact) mass is 475 g/mol. The molecule has 0 radical (unpaired) electrons. The SMILES string of the molecule is Nc1ncnc2c1ncn2[C@@]1(OC(=O)c2ccccc2)[C@@H](O)CO[C@@H]1COC(=O)c1ccccc1. The maximum absolute atomic E-state index is 13.2. The number of carbonyl (C=O) groups excluding carboxylic acids is 2. The molecule has 0 spiro atoms. The van der Waals surface area contributed by atoms with Crippen LogP contribution >= 0.6 is 0 Å². The zero-order chi connectivity index (χ0) is 24.4. The van der Waals surface area contributed by atoms with Crippen LogP contribution in [0.1, 0.15) is 20.7 Å². The van der Waals surface area contributed by atoms with Crippen molar-refractivity contribution in [1.82, 2.24) is 19.5 Å². The number of ether oxygens (including phenoxy) is 3. The minimum Gasteiger partial charge on any atom is -0.459 e. The molecule has 35 heavy (non-hydrogen) atoms. The van der Waals surface area contributed by atoms with Crippen molar-refractivity contribution < 1.29 is 28.9 Å². The summed E-state index contributed by atoms with van der Waals surface area (Å²) in [6.07, 6.45) is 0.128. The highest BCUT2D eigenvalue weighted by Gasteiger charge is 2.58. The number of rotatable bonds is 6. The fourth-order valence-corrected chi connectivity index (χ4v) is 4.03. The highest BCUT2D eigenvalue weighted by molar-refractivity contribution is 5.90. The van der Waals surface area contributed by atoms with Crippen LogP contribution in [0.3, 0.4) is 0 Å². The maximum atomic E-state index is 13.2. The largest absolute Gasteiger partial charge is 0.459 e. The van der Waals surface area contributed by atoms with Gasteiger partial charge in [0.15, 0.2) is 17.6 Å². The first-order chi connectivity index (χ1) is 17.0. The number of aliphatic hydroxyl groups excluding tert-OH is 1. The molecule has 178 valence electrons. The fraction of sp³-hybridized carbons (Fsp3) is 0.208. The smallest absolute Gasteiger partial charge is 0.340 e. The van der Waals surface area contributed by atoms with Crippen molar-refractivity contribution >= 4 is 28.9 Å². The number of imidazole rings is 1. The number of carbonyl (C=O) groups is 2. The number of hydrogen-bond acceptors (Lipinski definition) is 10. The van der Waals surface area contributed by atoms with Crippen LogP contribution in [0.25, 0.3) is 11.2 Å². The predicted octanol–water partition coefficient (Wildman–Crippen LogP) is 1.53. The van der Waals surface area contributed by atoms with Gasteiger partial charge in [-0.25, -0.2) is 24.5 Å². The average molecular weight is 475 g/mol. The van der Waals surface area contributed by atoms with Crippen LogP contribution in [0, 0.1) is 0 Å². The average Bonchev–Trinajstić information content (AvgIpc) is 3.46. The fourth-order valence-electron chi connectivity index (χ4n) is 4.03. The Morgan fingerprint density at radius 1 is 1.03 bits per heavy atom. The van der Waals surface area contributed by atoms with Gasteiger partial charge in [0, 0.05) is 0 Å². The molecule has 3 atom stereocenters. The molecule has 3 N–H and O–H groups in total. The number of aliphatic hydroxyl groups is 1. The molecular formula is C24H21N5O6. The van der Waals surface area contributed by atoms with E-state index >= 15 is 0 Å². The molecule has 0 saturated carbocycles. The van der Waals surface area contributed by atoms with Crippen molar-refractivity contribution in [3.63, 3.8) is 0 Å². The van der Waals surface area contributed by atoms with E-state index in [1.54, 1.807) is 60.7 Å². The lowest BCUT2D eigenvalue weighted by atomic mass is 10.0. The number of anilines is 1. The van der Waals surface area contributed by atoms with E-state index in [1.807, 2.05) is 0 Å². The normalized spacial score (nSPS) is 21.6. The second-order valence-corrected chi connectivity index (χ2v) is 7.86. The minimum absolute atomic E-state index is 0.110. The van der Waals surface area contributed by atoms with Crippen LogP contribution in [0.2, 0.25) is 0 Å². The summed E-state index contributed by atoms with van der Waals surface area (Å²) >= 11 is 0. The summed E-state index contributed by atoms with van der Waals surface area (Å²) < 4.78 is 18.6. The summed E-state index contributed by atoms with van der Waals surface area (Å²) in [4.78, 5) is 38.1. The maximum Gasteiger partial charge on any atom is 0.340 e. The molecule has 0 aliphatic carbocycles. The first kappa shape index (κ1) is 22.4. The summed E-state index contributed by atoms with van der Waals surface area (Å²) in [6, 6.07) is 16.7. The Balaban J connectivity index is 1.55. The summed E-state index contributed by atoms with van der Waals surface area (Å²) in [5.41, 5.74) is 5.13. The summed E-state index contributed by atoms with van der Waals surface area (Å²) in [7, 11) is 0. The van der Waals surface area contributed by atoms with Crippen LogP contribution < -0.4 is 5.73 Å². The van der Waals surface area contributed by atoms with E-state index in [0.29, 0.717) is 5.56 Å². The second kappa shape index (κ2) is 9.12. The molecule has 1 fully saturated rings. The molecule has 1 aliphatic heterocycles. The number of esters is 2. The number of hydrogen-bond donors (Lipinski definition) is 2. The van der Waals surface area contributed by atoms with Gasteiger partial charge in [-0.15, -0.1) is 0 Å². The highest BCUT2D eigenvalue weighted by Crippen LogP contribution is 2.39. The van der Waals surface area contributed by atoms with Crippen molar-refractivity contribution in [3.8, 4) is 0 Å². The Labute approximate surface area is 199 Å². The van der Waals surface area contributed by atoms with E-state index in [4.69, 9.17) is 19.9 Å². The van der Waals surface area contributed by atoms with E-state index in [1.165, 1.54) is 17.2 Å². The lowest BCUT2D eigenvalue weighted by molar-refractivity contribution is -0.154. The molecule has 11 heteroatoms. The molecular weight excluding hydrogens is 454 g/mol. The van der Waals surface area contributed by atoms with E-state index < -0.39 is 29.9 Å². The topological polar surface area (TPSA) is 152 Å². The first-order valence-corrected chi connectivity index (χ1v) is 10.7. The Morgan fingerprint density at radius 3 is 2.37 bits per heavy atom. The molecule has 5 rings (SSSR count). The van der Waals surface area contributed by atoms with Crippen LogP contribution in [0.5, 0.6) is 0 Å². The molecule has 3 heterocycles. The molecule has 11 nitrogen and oxygen atoms in total. The van der Waals surface area contributed by atoms with Crippen molar-refractivity contribution in [1.29, 1.82) is 0 Å². The zero-order valence-electron chi connectivity index (χ0n) is 18.4. The summed E-state index contributed by atoms with van der Waals surface area (Å²) in [5.74, 6) is -1.21. The highest BCUT2D eigenvalue weighted by atomic mass is 16.6. The third kappa shape index (κ3) is 3.96. The van der Waals surface area contributed by atoms with Gasteiger partial charge in [-0.1, -0.05) is 36.4 Å². The van der Waals surface area contributed by atoms with Gasteiger partial charge in [-0.2, -0.15) is 0 Å². The lowest BCUT2D eigenvalue weighted by Gasteiger charge is -2.36. The molecule has 1 aliphatic rings. The van der Waals surface area contributed by atoms with E-state index in [0.717, 1.165) is 0 Å². The van der Waals surface area contributed by atoms with E-state index in [9.17, 15) is 14.7 Å². The summed E-state index contributed by atoms with van der Waals surface area (Å²) in [6.45, 7) is -0.525. The van der Waals surface area contributed by atoms with Crippen molar-refractivity contribution in [2.45, 2.75) is 17.9 Å². The van der Waals surface area contributed by atoms with E-state index in [2.05, 4.69) is 15.0 Å². The van der Waals surface area contributed by atoms with Crippen LogP contribution in [-0.2, 0) is 19.9 Å². The number of nitrogens with two attached hydrogens (primary N) is 1. The third-order valence-corrected chi connectivity index (χ3v) is 5.77. The minimum atomic E-state index is -1.86. The lowest BCUT2D eigenvalue weighted by Crippen LogP contribution is -2.54. The van der Waals surface area contributed by atoms with Gasteiger partial charge in [-0.05, 0) is 24.3 Å². The van der Waals surface area contributed by atoms with Crippen LogP contribution in [0.15, 0.2) is 73.3 Å². The van der Waals surface area contributed by atoms with Crippen LogP contribution in [0.4, 0.5) is 5.82 Å². The quantitative estimate of drug-likeness (QED) is 0.393. The van der Waals surface area contributed by atoms with Gasteiger partial charge in [0.2, 0.25) is 5.72 Å².